The molecule has 0 spiro atoms. The summed E-state index contributed by atoms with van der Waals surface area (Å²) < 4.78 is 36.5. The number of ether oxygens (including phenoxy) is 2. The van der Waals surface area contributed by atoms with Gasteiger partial charge in [0.1, 0.15) is 12.1 Å². The number of fused-ring (bicyclic) bond motifs is 1. The Kier molecular flexibility index (Phi) is 5.78. The van der Waals surface area contributed by atoms with Crippen LogP contribution in [0.15, 0.2) is 18.5 Å². The van der Waals surface area contributed by atoms with Crippen LogP contribution in [-0.2, 0) is 10.0 Å². The maximum Gasteiger partial charge on any atom is 0.214 e. The van der Waals surface area contributed by atoms with Crippen molar-refractivity contribution in [2.75, 3.05) is 51.1 Å². The minimum Gasteiger partial charge on any atom is -0.493 e. The van der Waals surface area contributed by atoms with Gasteiger partial charge >= 0.3 is 0 Å². The molecule has 0 N–H and O–H groups in total. The SMILES string of the molecule is COc1cc2ncnc(N3CCC(CCN4CCCS4(=O)=O)CC3)c2cc1OC. The maximum absolute atomic E-state index is 12.0. The summed E-state index contributed by atoms with van der Waals surface area (Å²) in [5, 5.41) is 0.951. The summed E-state index contributed by atoms with van der Waals surface area (Å²) in [5.41, 5.74) is 0.828. The smallest absolute Gasteiger partial charge is 0.214 e. The monoisotopic (exact) mass is 420 g/mol. The van der Waals surface area contributed by atoms with Crippen molar-refractivity contribution in [2.24, 2.45) is 5.92 Å². The average molecular weight is 421 g/mol. The lowest BCUT2D eigenvalue weighted by molar-refractivity contribution is 0.334. The van der Waals surface area contributed by atoms with E-state index < -0.39 is 10.0 Å². The van der Waals surface area contributed by atoms with Gasteiger partial charge in [0.05, 0.1) is 25.5 Å². The van der Waals surface area contributed by atoms with Gasteiger partial charge in [-0.2, -0.15) is 0 Å². The third kappa shape index (κ3) is 4.11. The first-order chi connectivity index (χ1) is 14.0. The van der Waals surface area contributed by atoms with Gasteiger partial charge in [-0.25, -0.2) is 22.7 Å². The number of nitrogens with zero attached hydrogens (tertiary/aromatic N) is 4. The van der Waals surface area contributed by atoms with Crippen LogP contribution in [0.3, 0.4) is 0 Å². The molecule has 2 aliphatic heterocycles. The van der Waals surface area contributed by atoms with E-state index in [2.05, 4.69) is 14.9 Å². The summed E-state index contributed by atoms with van der Waals surface area (Å²) in [6.07, 6.45) is 5.35. The van der Waals surface area contributed by atoms with Gasteiger partial charge in [-0.1, -0.05) is 0 Å². The molecule has 2 fully saturated rings. The first kappa shape index (κ1) is 20.2. The van der Waals surface area contributed by atoms with E-state index in [1.54, 1.807) is 24.9 Å². The highest BCUT2D eigenvalue weighted by atomic mass is 32.2. The Morgan fingerprint density at radius 1 is 1.07 bits per heavy atom. The molecule has 29 heavy (non-hydrogen) atoms. The summed E-state index contributed by atoms with van der Waals surface area (Å²) in [7, 11) is 0.245. The summed E-state index contributed by atoms with van der Waals surface area (Å²) in [4.78, 5) is 11.2. The molecule has 0 radical (unpaired) electrons. The van der Waals surface area contributed by atoms with Gasteiger partial charge < -0.3 is 14.4 Å². The lowest BCUT2D eigenvalue weighted by atomic mass is 9.93. The quantitative estimate of drug-likeness (QED) is 0.709. The zero-order chi connectivity index (χ0) is 20.4. The van der Waals surface area contributed by atoms with Crippen LogP contribution in [-0.4, -0.2) is 68.8 Å². The van der Waals surface area contributed by atoms with E-state index >= 15 is 0 Å². The molecule has 0 aliphatic carbocycles. The number of aromatic nitrogens is 2. The fraction of sp³-hybridized carbons (Fsp3) is 0.600. The van der Waals surface area contributed by atoms with Crippen molar-refractivity contribution in [2.45, 2.75) is 25.7 Å². The molecule has 0 saturated carbocycles. The first-order valence-electron chi connectivity index (χ1n) is 10.1. The van der Waals surface area contributed by atoms with Gasteiger partial charge in [0, 0.05) is 37.6 Å². The van der Waals surface area contributed by atoms with Gasteiger partial charge in [-0.05, 0) is 37.7 Å². The largest absolute Gasteiger partial charge is 0.493 e. The first-order valence-corrected chi connectivity index (χ1v) is 11.7. The van der Waals surface area contributed by atoms with E-state index in [0.29, 0.717) is 36.3 Å². The highest BCUT2D eigenvalue weighted by Gasteiger charge is 2.29. The molecule has 0 bridgehead atoms. The van der Waals surface area contributed by atoms with Crippen LogP contribution in [0.5, 0.6) is 11.5 Å². The zero-order valence-electron chi connectivity index (χ0n) is 17.0. The molecule has 2 saturated heterocycles. The molecule has 3 heterocycles. The second-order valence-corrected chi connectivity index (χ2v) is 9.80. The Bertz CT molecular complexity index is 974. The Morgan fingerprint density at radius 2 is 1.79 bits per heavy atom. The Labute approximate surface area is 171 Å². The van der Waals surface area contributed by atoms with Crippen molar-refractivity contribution in [1.82, 2.24) is 14.3 Å². The van der Waals surface area contributed by atoms with Crippen LogP contribution in [0.25, 0.3) is 10.9 Å². The third-order valence-corrected chi connectivity index (χ3v) is 7.98. The number of rotatable bonds is 6. The van der Waals surface area contributed by atoms with Gasteiger partial charge in [0.2, 0.25) is 10.0 Å². The van der Waals surface area contributed by atoms with E-state index in [4.69, 9.17) is 9.47 Å². The minimum absolute atomic E-state index is 0.306. The predicted molar refractivity (Wildman–Crippen MR) is 112 cm³/mol. The molecule has 1 aromatic heterocycles. The Balaban J connectivity index is 1.44. The van der Waals surface area contributed by atoms with Crippen LogP contribution in [0.1, 0.15) is 25.7 Å². The fourth-order valence-electron chi connectivity index (χ4n) is 4.32. The molecule has 2 aliphatic rings. The molecule has 1 aromatic carbocycles. The van der Waals surface area contributed by atoms with Gasteiger partial charge in [-0.3, -0.25) is 0 Å². The van der Waals surface area contributed by atoms with E-state index in [1.807, 2.05) is 12.1 Å². The van der Waals surface area contributed by atoms with Crippen molar-refractivity contribution in [3.05, 3.63) is 18.5 Å². The maximum atomic E-state index is 12.0. The lowest BCUT2D eigenvalue weighted by Gasteiger charge is -2.33. The summed E-state index contributed by atoms with van der Waals surface area (Å²) in [5.74, 6) is 3.08. The normalized spacial score (nSPS) is 20.3. The molecular formula is C20H28N4O4S. The Hall–Kier alpha value is -2.13. The number of hydrogen-bond acceptors (Lipinski definition) is 7. The molecule has 0 atom stereocenters. The van der Waals surface area contributed by atoms with Crippen molar-refractivity contribution in [3.8, 4) is 11.5 Å². The van der Waals surface area contributed by atoms with Crippen LogP contribution in [0.4, 0.5) is 5.82 Å². The van der Waals surface area contributed by atoms with Crippen LogP contribution in [0, 0.1) is 5.92 Å². The second kappa shape index (κ2) is 8.31. The summed E-state index contributed by atoms with van der Waals surface area (Å²) in [6, 6.07) is 3.82. The number of anilines is 1. The van der Waals surface area contributed by atoms with Gasteiger partial charge in [0.25, 0.3) is 0 Å². The third-order valence-electron chi connectivity index (χ3n) is 6.02. The molecule has 0 amide bonds. The van der Waals surface area contributed by atoms with Crippen molar-refractivity contribution in [3.63, 3.8) is 0 Å². The standard InChI is InChI=1S/C20H28N4O4S/c1-27-18-12-16-17(13-19(18)28-2)21-14-22-20(16)23-8-4-15(5-9-23)6-10-24-7-3-11-29(24,25)26/h12-15H,3-11H2,1-2H3. The number of benzene rings is 1. The fourth-order valence-corrected chi connectivity index (χ4v) is 5.87. The molecule has 158 valence electrons. The second-order valence-electron chi connectivity index (χ2n) is 7.71. The Morgan fingerprint density at radius 3 is 2.45 bits per heavy atom. The minimum atomic E-state index is -2.99. The van der Waals surface area contributed by atoms with Crippen LogP contribution < -0.4 is 14.4 Å². The highest BCUT2D eigenvalue weighted by molar-refractivity contribution is 7.89. The van der Waals surface area contributed by atoms with Gasteiger partial charge in [-0.15, -0.1) is 0 Å². The van der Waals surface area contributed by atoms with Crippen LogP contribution in [0.2, 0.25) is 0 Å². The van der Waals surface area contributed by atoms with Gasteiger partial charge in [0.15, 0.2) is 11.5 Å². The lowest BCUT2D eigenvalue weighted by Crippen LogP contribution is -2.36. The topological polar surface area (TPSA) is 84.9 Å². The number of hydrogen-bond donors (Lipinski definition) is 0. The molecule has 2 aromatic rings. The highest BCUT2D eigenvalue weighted by Crippen LogP contribution is 2.36. The summed E-state index contributed by atoms with van der Waals surface area (Å²) in [6.45, 7) is 3.13. The van der Waals surface area contributed by atoms with E-state index in [0.717, 1.165) is 55.5 Å². The predicted octanol–water partition coefficient (Wildman–Crippen LogP) is 2.29. The van der Waals surface area contributed by atoms with Crippen molar-refractivity contribution in [1.29, 1.82) is 0 Å². The number of sulfonamides is 1. The summed E-state index contributed by atoms with van der Waals surface area (Å²) >= 11 is 0. The van der Waals surface area contributed by atoms with E-state index in [1.165, 1.54) is 0 Å². The van der Waals surface area contributed by atoms with Crippen LogP contribution >= 0.6 is 0 Å². The molecule has 4 rings (SSSR count). The molecule has 0 unspecified atom stereocenters. The zero-order valence-corrected chi connectivity index (χ0v) is 17.8. The van der Waals surface area contributed by atoms with E-state index in [9.17, 15) is 8.42 Å². The number of methoxy groups -OCH3 is 2. The van der Waals surface area contributed by atoms with Crippen molar-refractivity contribution >= 4 is 26.7 Å². The van der Waals surface area contributed by atoms with E-state index in [-0.39, 0.29) is 0 Å². The molecular weight excluding hydrogens is 392 g/mol. The number of piperidine rings is 1. The molecule has 8 nitrogen and oxygen atoms in total. The molecule has 9 heteroatoms. The average Bonchev–Trinajstić information content (AvgIpc) is 3.09. The van der Waals surface area contributed by atoms with Crippen molar-refractivity contribution < 1.29 is 17.9 Å².